The van der Waals surface area contributed by atoms with Crippen molar-refractivity contribution in [2.24, 2.45) is 0 Å². The fourth-order valence-corrected chi connectivity index (χ4v) is 1.67. The number of carboxylic acids is 1. The number of fused-ring (bicyclic) bond motifs is 1. The van der Waals surface area contributed by atoms with Gasteiger partial charge in [-0.25, -0.2) is 4.79 Å². The van der Waals surface area contributed by atoms with Crippen LogP contribution in [0.5, 0.6) is 5.75 Å². The Bertz CT molecular complexity index is 585. The smallest absolute Gasteiger partial charge is 0.328 e. The van der Waals surface area contributed by atoms with Gasteiger partial charge in [-0.15, -0.1) is 0 Å². The molecule has 0 radical (unpaired) electrons. The molecule has 0 saturated heterocycles. The summed E-state index contributed by atoms with van der Waals surface area (Å²) in [6, 6.07) is 7.49. The highest BCUT2D eigenvalue weighted by Gasteiger charge is 2.05. The van der Waals surface area contributed by atoms with Gasteiger partial charge in [0.15, 0.2) is 0 Å². The van der Waals surface area contributed by atoms with Gasteiger partial charge >= 0.3 is 5.97 Å². The normalized spacial score (nSPS) is 10.9. The second kappa shape index (κ2) is 4.65. The second-order valence-electron chi connectivity index (χ2n) is 3.43. The van der Waals surface area contributed by atoms with Crippen LogP contribution in [-0.4, -0.2) is 23.2 Å². The van der Waals surface area contributed by atoms with Gasteiger partial charge in [-0.1, -0.05) is 12.1 Å². The van der Waals surface area contributed by atoms with Crippen molar-refractivity contribution >= 4 is 22.8 Å². The minimum atomic E-state index is -1.00. The van der Waals surface area contributed by atoms with Gasteiger partial charge in [-0.3, -0.25) is 4.98 Å². The van der Waals surface area contributed by atoms with Crippen LogP contribution in [0.15, 0.2) is 36.5 Å². The average molecular weight is 229 g/mol. The third-order valence-corrected chi connectivity index (χ3v) is 2.39. The number of hydrogen-bond donors (Lipinski definition) is 1. The SMILES string of the molecule is COc1cccc2ccnc(/C=C/C(=O)O)c12. The number of aliphatic carboxylic acids is 1. The Morgan fingerprint density at radius 3 is 2.94 bits per heavy atom. The molecule has 1 heterocycles. The number of ether oxygens (including phenoxy) is 1. The van der Waals surface area contributed by atoms with Crippen molar-refractivity contribution in [2.75, 3.05) is 7.11 Å². The molecule has 2 aromatic rings. The van der Waals surface area contributed by atoms with Crippen LogP contribution in [0.3, 0.4) is 0 Å². The second-order valence-corrected chi connectivity index (χ2v) is 3.43. The van der Waals surface area contributed by atoms with E-state index in [2.05, 4.69) is 4.98 Å². The number of methoxy groups -OCH3 is 1. The largest absolute Gasteiger partial charge is 0.496 e. The van der Waals surface area contributed by atoms with E-state index in [-0.39, 0.29) is 0 Å². The predicted octanol–water partition coefficient (Wildman–Crippen LogP) is 2.34. The van der Waals surface area contributed by atoms with Crippen LogP contribution < -0.4 is 4.74 Å². The Morgan fingerprint density at radius 2 is 2.24 bits per heavy atom. The van der Waals surface area contributed by atoms with Crippen molar-refractivity contribution in [1.29, 1.82) is 0 Å². The number of hydrogen-bond acceptors (Lipinski definition) is 3. The van der Waals surface area contributed by atoms with Crippen LogP contribution in [0.1, 0.15) is 5.69 Å². The predicted molar refractivity (Wildman–Crippen MR) is 65.0 cm³/mol. The van der Waals surface area contributed by atoms with Crippen LogP contribution in [0, 0.1) is 0 Å². The van der Waals surface area contributed by atoms with Crippen molar-refractivity contribution in [3.8, 4) is 5.75 Å². The van der Waals surface area contributed by atoms with Gasteiger partial charge in [0.2, 0.25) is 0 Å². The van der Waals surface area contributed by atoms with E-state index >= 15 is 0 Å². The fourth-order valence-electron chi connectivity index (χ4n) is 1.67. The Kier molecular flexibility index (Phi) is 3.05. The molecule has 1 N–H and O–H groups in total. The molecule has 0 aliphatic rings. The number of nitrogens with zero attached hydrogens (tertiary/aromatic N) is 1. The summed E-state index contributed by atoms with van der Waals surface area (Å²) in [5.74, 6) is -0.320. The third-order valence-electron chi connectivity index (χ3n) is 2.39. The summed E-state index contributed by atoms with van der Waals surface area (Å²) in [5.41, 5.74) is 0.586. The molecule has 0 aliphatic carbocycles. The zero-order valence-electron chi connectivity index (χ0n) is 9.25. The van der Waals surface area contributed by atoms with Crippen molar-refractivity contribution in [1.82, 2.24) is 4.98 Å². The lowest BCUT2D eigenvalue weighted by atomic mass is 10.1. The zero-order chi connectivity index (χ0) is 12.3. The van der Waals surface area contributed by atoms with Gasteiger partial charge in [-0.05, 0) is 23.6 Å². The van der Waals surface area contributed by atoms with Gasteiger partial charge < -0.3 is 9.84 Å². The highest BCUT2D eigenvalue weighted by molar-refractivity contribution is 5.96. The highest BCUT2D eigenvalue weighted by atomic mass is 16.5. The molecule has 4 nitrogen and oxygen atoms in total. The number of rotatable bonds is 3. The molecule has 4 heteroatoms. The molecule has 1 aromatic carbocycles. The summed E-state index contributed by atoms with van der Waals surface area (Å²) in [6.07, 6.45) is 4.17. The maximum Gasteiger partial charge on any atom is 0.328 e. The topological polar surface area (TPSA) is 59.4 Å². The lowest BCUT2D eigenvalue weighted by Crippen LogP contribution is -1.91. The van der Waals surface area contributed by atoms with Crippen molar-refractivity contribution in [3.05, 3.63) is 42.2 Å². The number of aromatic nitrogens is 1. The van der Waals surface area contributed by atoms with E-state index in [1.54, 1.807) is 13.3 Å². The van der Waals surface area contributed by atoms with Crippen LogP contribution in [-0.2, 0) is 4.79 Å². The molecule has 1 aromatic heterocycles. The third kappa shape index (κ3) is 2.25. The van der Waals surface area contributed by atoms with Crippen molar-refractivity contribution in [3.63, 3.8) is 0 Å². The summed E-state index contributed by atoms with van der Waals surface area (Å²) in [7, 11) is 1.58. The summed E-state index contributed by atoms with van der Waals surface area (Å²) >= 11 is 0. The van der Waals surface area contributed by atoms with Gasteiger partial charge in [0.05, 0.1) is 12.8 Å². The van der Waals surface area contributed by atoms with E-state index in [0.29, 0.717) is 11.4 Å². The molecule has 17 heavy (non-hydrogen) atoms. The quantitative estimate of drug-likeness (QED) is 0.820. The first-order chi connectivity index (χ1) is 8.22. The monoisotopic (exact) mass is 229 g/mol. The molecule has 86 valence electrons. The Hall–Kier alpha value is -2.36. The van der Waals surface area contributed by atoms with Gasteiger partial charge in [0, 0.05) is 17.7 Å². The zero-order valence-corrected chi connectivity index (χ0v) is 9.25. The van der Waals surface area contributed by atoms with Crippen molar-refractivity contribution in [2.45, 2.75) is 0 Å². The van der Waals surface area contributed by atoms with E-state index in [4.69, 9.17) is 9.84 Å². The molecular weight excluding hydrogens is 218 g/mol. The number of carboxylic acid groups (broad SMARTS) is 1. The first-order valence-corrected chi connectivity index (χ1v) is 5.05. The van der Waals surface area contributed by atoms with Gasteiger partial charge in [0.25, 0.3) is 0 Å². The Morgan fingerprint density at radius 1 is 1.41 bits per heavy atom. The standard InChI is InChI=1S/C13H11NO3/c1-17-11-4-2-3-9-7-8-14-10(13(9)11)5-6-12(15)16/h2-8H,1H3,(H,15,16)/b6-5+. The fraction of sp³-hybridized carbons (Fsp3) is 0.0769. The molecule has 0 fully saturated rings. The van der Waals surface area contributed by atoms with E-state index < -0.39 is 5.97 Å². The molecule has 0 amide bonds. The summed E-state index contributed by atoms with van der Waals surface area (Å²) in [4.78, 5) is 14.7. The summed E-state index contributed by atoms with van der Waals surface area (Å²) in [5, 5.41) is 10.4. The van der Waals surface area contributed by atoms with E-state index in [9.17, 15) is 4.79 Å². The average Bonchev–Trinajstić information content (AvgIpc) is 2.35. The first-order valence-electron chi connectivity index (χ1n) is 5.05. The Labute approximate surface area is 98.2 Å². The minimum absolute atomic E-state index is 0.586. The van der Waals surface area contributed by atoms with Gasteiger partial charge in [-0.2, -0.15) is 0 Å². The highest BCUT2D eigenvalue weighted by Crippen LogP contribution is 2.28. The number of pyridine rings is 1. The molecule has 2 rings (SSSR count). The molecule has 0 aliphatic heterocycles. The van der Waals surface area contributed by atoms with Crippen molar-refractivity contribution < 1.29 is 14.6 Å². The van der Waals surface area contributed by atoms with Gasteiger partial charge in [0.1, 0.15) is 5.75 Å². The number of benzene rings is 1. The van der Waals surface area contributed by atoms with Crippen LogP contribution in [0.25, 0.3) is 16.8 Å². The molecule has 0 spiro atoms. The molecular formula is C13H11NO3. The number of carbonyl (C=O) groups is 1. The molecule has 0 atom stereocenters. The first kappa shape index (κ1) is 11.1. The van der Waals surface area contributed by atoms with Crippen LogP contribution >= 0.6 is 0 Å². The van der Waals surface area contributed by atoms with E-state index in [0.717, 1.165) is 16.8 Å². The lowest BCUT2D eigenvalue weighted by Gasteiger charge is -2.06. The molecule has 0 saturated carbocycles. The van der Waals surface area contributed by atoms with Crippen LogP contribution in [0.4, 0.5) is 0 Å². The lowest BCUT2D eigenvalue weighted by molar-refractivity contribution is -0.131. The van der Waals surface area contributed by atoms with E-state index in [1.807, 2.05) is 24.3 Å². The Balaban J connectivity index is 2.66. The summed E-state index contributed by atoms with van der Waals surface area (Å²) in [6.45, 7) is 0. The molecule has 0 unspecified atom stereocenters. The van der Waals surface area contributed by atoms with Crippen LogP contribution in [0.2, 0.25) is 0 Å². The minimum Gasteiger partial charge on any atom is -0.496 e. The molecule has 0 bridgehead atoms. The van der Waals surface area contributed by atoms with E-state index in [1.165, 1.54) is 6.08 Å². The maximum absolute atomic E-state index is 10.5. The summed E-state index contributed by atoms with van der Waals surface area (Å²) < 4.78 is 5.25. The maximum atomic E-state index is 10.5.